The molecular formula is C11H21NO2V. The first-order valence-electron chi connectivity index (χ1n) is 5.32. The first kappa shape index (κ1) is 17.1. The van der Waals surface area contributed by atoms with Crippen molar-refractivity contribution in [1.29, 1.82) is 0 Å². The number of likely N-dealkylation sites (tertiary alicyclic amines) is 1. The smallest absolute Gasteiger partial charge is 0.220 e. The molecule has 1 aliphatic heterocycles. The molecule has 1 atom stereocenters. The molecule has 0 spiro atoms. The Morgan fingerprint density at radius 3 is 2.00 bits per heavy atom. The summed E-state index contributed by atoms with van der Waals surface area (Å²) in [7, 11) is 0. The fraction of sp³-hybridized carbons (Fsp3) is 0.818. The Bertz CT molecular complexity index is 187. The average Bonchev–Trinajstić information content (AvgIpc) is 2.52. The number of hydrogen-bond donors (Lipinski definition) is 0. The molecule has 0 saturated carbocycles. The molecule has 0 aromatic rings. The Kier molecular flexibility index (Phi) is 10.3. The van der Waals surface area contributed by atoms with Crippen molar-refractivity contribution in [2.45, 2.75) is 53.0 Å². The third-order valence-corrected chi connectivity index (χ3v) is 2.13. The van der Waals surface area contributed by atoms with Crippen LogP contribution in [0.5, 0.6) is 0 Å². The quantitative estimate of drug-likeness (QED) is 0.713. The predicted molar refractivity (Wildman–Crippen MR) is 57.1 cm³/mol. The summed E-state index contributed by atoms with van der Waals surface area (Å²) >= 11 is 0. The van der Waals surface area contributed by atoms with Gasteiger partial charge in [-0.3, -0.25) is 9.59 Å². The normalized spacial score (nSPS) is 18.7. The summed E-state index contributed by atoms with van der Waals surface area (Å²) in [5.74, 6) is 0.125. The van der Waals surface area contributed by atoms with E-state index in [0.29, 0.717) is 0 Å². The fourth-order valence-electron chi connectivity index (χ4n) is 1.57. The summed E-state index contributed by atoms with van der Waals surface area (Å²) in [6.07, 6.45) is 3.05. The summed E-state index contributed by atoms with van der Waals surface area (Å²) in [5, 5.41) is 0. The van der Waals surface area contributed by atoms with E-state index >= 15 is 0 Å². The summed E-state index contributed by atoms with van der Waals surface area (Å²) in [4.78, 5) is 23.6. The van der Waals surface area contributed by atoms with E-state index in [2.05, 4.69) is 13.8 Å². The second-order valence-corrected chi connectivity index (χ2v) is 3.69. The van der Waals surface area contributed by atoms with Crippen molar-refractivity contribution in [2.75, 3.05) is 6.54 Å². The molecule has 1 fully saturated rings. The van der Waals surface area contributed by atoms with Crippen LogP contribution in [0.2, 0.25) is 0 Å². The van der Waals surface area contributed by atoms with Gasteiger partial charge in [-0.2, -0.15) is 0 Å². The van der Waals surface area contributed by atoms with E-state index in [4.69, 9.17) is 0 Å². The molecule has 0 aromatic carbocycles. The van der Waals surface area contributed by atoms with Gasteiger partial charge in [0.1, 0.15) is 0 Å². The van der Waals surface area contributed by atoms with E-state index in [1.165, 1.54) is 13.3 Å². The van der Waals surface area contributed by atoms with Gasteiger partial charge in [0.05, 0.1) is 6.04 Å². The molecule has 0 bridgehead atoms. The number of amides is 1. The SMILES string of the molecule is CC(=O)[C@@H]1CCCN1C(C)=O.CCC.[V]. The Balaban J connectivity index is 0. The number of Topliss-reactive ketones (excluding diaryl/α,β-unsaturated/α-hetero) is 1. The minimum Gasteiger partial charge on any atom is -0.333 e. The first-order valence-corrected chi connectivity index (χ1v) is 5.32. The van der Waals surface area contributed by atoms with Crippen LogP contribution in [0, 0.1) is 0 Å². The van der Waals surface area contributed by atoms with Gasteiger partial charge in [0.2, 0.25) is 5.91 Å². The average molecular weight is 250 g/mol. The van der Waals surface area contributed by atoms with E-state index in [9.17, 15) is 9.59 Å². The van der Waals surface area contributed by atoms with Gasteiger partial charge in [0, 0.05) is 32.0 Å². The summed E-state index contributed by atoms with van der Waals surface area (Å²) in [5.41, 5.74) is 0. The minimum atomic E-state index is -0.132. The molecular weight excluding hydrogens is 229 g/mol. The van der Waals surface area contributed by atoms with Crippen molar-refractivity contribution in [2.24, 2.45) is 0 Å². The number of rotatable bonds is 1. The van der Waals surface area contributed by atoms with Crippen LogP contribution in [0.3, 0.4) is 0 Å². The van der Waals surface area contributed by atoms with Crippen molar-refractivity contribution >= 4 is 11.7 Å². The zero-order valence-electron chi connectivity index (χ0n) is 10.1. The molecule has 4 heteroatoms. The second-order valence-electron chi connectivity index (χ2n) is 3.69. The largest absolute Gasteiger partial charge is 0.333 e. The number of nitrogens with zero attached hydrogens (tertiary/aromatic N) is 1. The maximum atomic E-state index is 11.0. The minimum absolute atomic E-state index is 0. The van der Waals surface area contributed by atoms with Gasteiger partial charge < -0.3 is 4.90 Å². The van der Waals surface area contributed by atoms with E-state index < -0.39 is 0 Å². The molecule has 1 radical (unpaired) electrons. The zero-order chi connectivity index (χ0) is 11.1. The van der Waals surface area contributed by atoms with Crippen LogP contribution in [-0.2, 0) is 28.1 Å². The Morgan fingerprint density at radius 2 is 1.73 bits per heavy atom. The van der Waals surface area contributed by atoms with Gasteiger partial charge in [-0.05, 0) is 19.8 Å². The van der Waals surface area contributed by atoms with Gasteiger partial charge in [-0.15, -0.1) is 0 Å². The zero-order valence-corrected chi connectivity index (χ0v) is 11.5. The van der Waals surface area contributed by atoms with Crippen LogP contribution in [0.25, 0.3) is 0 Å². The maximum absolute atomic E-state index is 11.0. The van der Waals surface area contributed by atoms with Gasteiger partial charge in [-0.1, -0.05) is 20.3 Å². The van der Waals surface area contributed by atoms with Crippen LogP contribution < -0.4 is 0 Å². The van der Waals surface area contributed by atoms with Crippen LogP contribution in [0.15, 0.2) is 0 Å². The van der Waals surface area contributed by atoms with Gasteiger partial charge >= 0.3 is 0 Å². The van der Waals surface area contributed by atoms with Gasteiger partial charge in [0.15, 0.2) is 5.78 Å². The van der Waals surface area contributed by atoms with Crippen molar-refractivity contribution in [3.63, 3.8) is 0 Å². The number of hydrogen-bond acceptors (Lipinski definition) is 2. The molecule has 1 rings (SSSR count). The molecule has 1 aliphatic rings. The van der Waals surface area contributed by atoms with Crippen molar-refractivity contribution in [3.8, 4) is 0 Å². The molecule has 0 N–H and O–H groups in total. The molecule has 1 amide bonds. The third kappa shape index (κ3) is 6.01. The molecule has 0 aliphatic carbocycles. The molecule has 3 nitrogen and oxygen atoms in total. The summed E-state index contributed by atoms with van der Waals surface area (Å²) < 4.78 is 0. The standard InChI is InChI=1S/C8H13NO2.C3H8.V/c1-6(10)8-4-3-5-9(8)7(2)11;1-3-2;/h8H,3-5H2,1-2H3;3H2,1-2H3;/t8-;;/m0../s1. The molecule has 15 heavy (non-hydrogen) atoms. The third-order valence-electron chi connectivity index (χ3n) is 2.13. The monoisotopic (exact) mass is 250 g/mol. The van der Waals surface area contributed by atoms with Crippen molar-refractivity contribution < 1.29 is 28.1 Å². The number of ketones is 1. The van der Waals surface area contributed by atoms with Gasteiger partial charge in [0.25, 0.3) is 0 Å². The van der Waals surface area contributed by atoms with Crippen LogP contribution in [0.4, 0.5) is 0 Å². The molecule has 0 aromatic heterocycles. The molecule has 0 unspecified atom stereocenters. The molecule has 1 saturated heterocycles. The summed E-state index contributed by atoms with van der Waals surface area (Å²) in [6.45, 7) is 8.06. The van der Waals surface area contributed by atoms with E-state index in [-0.39, 0.29) is 36.3 Å². The van der Waals surface area contributed by atoms with Crippen LogP contribution in [-0.4, -0.2) is 29.2 Å². The topological polar surface area (TPSA) is 37.4 Å². The molecule has 1 heterocycles. The number of carbonyl (C=O) groups excluding carboxylic acids is 2. The van der Waals surface area contributed by atoms with Crippen LogP contribution in [0.1, 0.15) is 47.0 Å². The first-order chi connectivity index (χ1) is 6.54. The van der Waals surface area contributed by atoms with E-state index in [1.54, 1.807) is 11.8 Å². The molecule has 87 valence electrons. The van der Waals surface area contributed by atoms with Gasteiger partial charge in [-0.25, -0.2) is 0 Å². The second kappa shape index (κ2) is 8.99. The number of carbonyl (C=O) groups is 2. The van der Waals surface area contributed by atoms with E-state index in [1.807, 2.05) is 0 Å². The predicted octanol–water partition coefficient (Wildman–Crippen LogP) is 2.00. The maximum Gasteiger partial charge on any atom is 0.220 e. The van der Waals surface area contributed by atoms with Crippen molar-refractivity contribution in [1.82, 2.24) is 4.90 Å². The Labute approximate surface area is 104 Å². The van der Waals surface area contributed by atoms with Crippen LogP contribution >= 0.6 is 0 Å². The van der Waals surface area contributed by atoms with Crippen molar-refractivity contribution in [3.05, 3.63) is 0 Å². The van der Waals surface area contributed by atoms with E-state index in [0.717, 1.165) is 19.4 Å². The summed E-state index contributed by atoms with van der Waals surface area (Å²) in [6, 6.07) is -0.132. The Hall–Kier alpha value is -0.276. The Morgan fingerprint density at radius 1 is 1.27 bits per heavy atom. The fourth-order valence-corrected chi connectivity index (χ4v) is 1.57.